The maximum atomic E-state index is 12.6. The van der Waals surface area contributed by atoms with Gasteiger partial charge in [-0.2, -0.15) is 0 Å². The second kappa shape index (κ2) is 10.0. The maximum absolute atomic E-state index is 12.6. The molecule has 0 saturated heterocycles. The molecular weight excluding hydrogens is 372 g/mol. The van der Waals surface area contributed by atoms with Crippen molar-refractivity contribution in [3.8, 4) is 0 Å². The fourth-order valence-corrected chi connectivity index (χ4v) is 2.27. The van der Waals surface area contributed by atoms with Crippen LogP contribution in [0.5, 0.6) is 0 Å². The predicted molar refractivity (Wildman–Crippen MR) is 96.9 cm³/mol. The lowest BCUT2D eigenvalue weighted by Gasteiger charge is -2.21. The number of nitrogens with zero attached hydrogens (tertiary/aromatic N) is 3. The largest absolute Gasteiger partial charge is 0.464 e. The molecule has 0 bridgehead atoms. The van der Waals surface area contributed by atoms with E-state index in [1.54, 1.807) is 7.11 Å². The number of hydrogen-bond donors (Lipinski definition) is 1. The third-order valence-electron chi connectivity index (χ3n) is 3.67. The number of nitrogens with one attached hydrogen (secondary N) is 1. The number of hydrogen-bond acceptors (Lipinski definition) is 8. The molecule has 11 nitrogen and oxygen atoms in total. The Labute approximate surface area is 160 Å². The molecule has 0 unspecified atom stereocenters. The van der Waals surface area contributed by atoms with Gasteiger partial charge in [0.15, 0.2) is 5.69 Å². The lowest BCUT2D eigenvalue weighted by Crippen LogP contribution is -2.35. The van der Waals surface area contributed by atoms with Crippen LogP contribution in [0.25, 0.3) is 0 Å². The van der Waals surface area contributed by atoms with Gasteiger partial charge < -0.3 is 24.1 Å². The van der Waals surface area contributed by atoms with Crippen LogP contribution in [0.1, 0.15) is 22.8 Å². The van der Waals surface area contributed by atoms with Crippen molar-refractivity contribution >= 4 is 23.4 Å². The number of non-ortho nitro benzene ring substituents is 1. The molecule has 0 aliphatic rings. The number of urea groups is 1. The summed E-state index contributed by atoms with van der Waals surface area (Å²) in [6.07, 6.45) is 1.72. The van der Waals surface area contributed by atoms with Crippen molar-refractivity contribution in [3.05, 3.63) is 52.2 Å². The topological polar surface area (TPSA) is 137 Å². The number of benzene rings is 1. The van der Waals surface area contributed by atoms with Gasteiger partial charge in [0.05, 0.1) is 18.6 Å². The molecule has 2 aromatic rings. The Balaban J connectivity index is 2.07. The Morgan fingerprint density at radius 1 is 1.29 bits per heavy atom. The van der Waals surface area contributed by atoms with Crippen LogP contribution in [0.15, 0.2) is 34.9 Å². The molecule has 1 heterocycles. The lowest BCUT2D eigenvalue weighted by atomic mass is 10.3. The Morgan fingerprint density at radius 3 is 2.61 bits per heavy atom. The summed E-state index contributed by atoms with van der Waals surface area (Å²) >= 11 is 0. The monoisotopic (exact) mass is 392 g/mol. The van der Waals surface area contributed by atoms with E-state index in [-0.39, 0.29) is 23.8 Å². The summed E-state index contributed by atoms with van der Waals surface area (Å²) in [6, 6.07) is 5.00. The van der Waals surface area contributed by atoms with Crippen molar-refractivity contribution in [2.75, 3.05) is 32.7 Å². The van der Waals surface area contributed by atoms with Gasteiger partial charge in [-0.05, 0) is 18.6 Å². The van der Waals surface area contributed by atoms with Gasteiger partial charge in [-0.25, -0.2) is 14.6 Å². The van der Waals surface area contributed by atoms with E-state index in [1.165, 1.54) is 36.3 Å². The van der Waals surface area contributed by atoms with Crippen LogP contribution in [-0.2, 0) is 16.0 Å². The Kier molecular flexibility index (Phi) is 7.45. The van der Waals surface area contributed by atoms with Crippen molar-refractivity contribution in [2.45, 2.75) is 13.0 Å². The first-order valence-corrected chi connectivity index (χ1v) is 8.26. The molecule has 1 aromatic carbocycles. The van der Waals surface area contributed by atoms with E-state index in [4.69, 9.17) is 9.15 Å². The van der Waals surface area contributed by atoms with Crippen LogP contribution in [0, 0.1) is 10.1 Å². The summed E-state index contributed by atoms with van der Waals surface area (Å²) in [7, 11) is 2.78. The van der Waals surface area contributed by atoms with E-state index in [9.17, 15) is 19.7 Å². The van der Waals surface area contributed by atoms with E-state index in [0.717, 1.165) is 6.26 Å². The van der Waals surface area contributed by atoms with Crippen LogP contribution < -0.4 is 5.32 Å². The summed E-state index contributed by atoms with van der Waals surface area (Å²) in [6.45, 7) is 0.794. The van der Waals surface area contributed by atoms with E-state index in [1.807, 2.05) is 0 Å². The smallest absolute Gasteiger partial charge is 0.360 e. The predicted octanol–water partition coefficient (Wildman–Crippen LogP) is 2.44. The quantitative estimate of drug-likeness (QED) is 0.297. The van der Waals surface area contributed by atoms with Gasteiger partial charge in [0.25, 0.3) is 5.69 Å². The first-order chi connectivity index (χ1) is 13.4. The fraction of sp³-hybridized carbons (Fsp3) is 0.353. The molecule has 0 atom stereocenters. The summed E-state index contributed by atoms with van der Waals surface area (Å²) in [5.74, 6) is -0.479. The van der Waals surface area contributed by atoms with Crippen LogP contribution >= 0.6 is 0 Å². The third kappa shape index (κ3) is 5.77. The molecular formula is C17H20N4O7. The van der Waals surface area contributed by atoms with Gasteiger partial charge in [-0.15, -0.1) is 0 Å². The molecule has 28 heavy (non-hydrogen) atoms. The first kappa shape index (κ1) is 20.8. The number of rotatable bonds is 9. The number of anilines is 1. The summed E-state index contributed by atoms with van der Waals surface area (Å²) < 4.78 is 14.8. The molecule has 150 valence electrons. The highest BCUT2D eigenvalue weighted by Gasteiger charge is 2.19. The normalized spacial score (nSPS) is 10.4. The lowest BCUT2D eigenvalue weighted by molar-refractivity contribution is -0.384. The first-order valence-electron chi connectivity index (χ1n) is 8.26. The minimum absolute atomic E-state index is 0.00474. The number of nitro groups is 1. The highest BCUT2D eigenvalue weighted by molar-refractivity contribution is 5.89. The van der Waals surface area contributed by atoms with Crippen LogP contribution in [0.2, 0.25) is 0 Å². The maximum Gasteiger partial charge on any atom is 0.360 e. The van der Waals surface area contributed by atoms with Gasteiger partial charge in [-0.3, -0.25) is 10.1 Å². The molecule has 2 rings (SSSR count). The molecule has 1 aromatic heterocycles. The zero-order chi connectivity index (χ0) is 20.5. The number of carbonyl (C=O) groups is 2. The summed E-state index contributed by atoms with van der Waals surface area (Å²) in [5, 5.41) is 13.4. The van der Waals surface area contributed by atoms with Crippen molar-refractivity contribution in [1.82, 2.24) is 9.88 Å². The minimum Gasteiger partial charge on any atom is -0.464 e. The average Bonchev–Trinajstić information content (AvgIpc) is 3.15. The molecule has 2 amide bonds. The van der Waals surface area contributed by atoms with Crippen LogP contribution in [0.4, 0.5) is 16.2 Å². The molecule has 0 radical (unpaired) electrons. The van der Waals surface area contributed by atoms with E-state index in [0.29, 0.717) is 25.3 Å². The number of oxazole rings is 1. The van der Waals surface area contributed by atoms with Gasteiger partial charge in [0, 0.05) is 38.1 Å². The SMILES string of the molecule is COCCCN(Cc1nc(C(=O)OC)co1)C(=O)Nc1ccc([N+](=O)[O-])cc1. The van der Waals surface area contributed by atoms with Crippen molar-refractivity contribution < 1.29 is 28.4 Å². The Hall–Kier alpha value is -3.47. The summed E-state index contributed by atoms with van der Waals surface area (Å²) in [4.78, 5) is 39.7. The van der Waals surface area contributed by atoms with Crippen molar-refractivity contribution in [1.29, 1.82) is 0 Å². The zero-order valence-electron chi connectivity index (χ0n) is 15.4. The number of esters is 1. The van der Waals surface area contributed by atoms with E-state index in [2.05, 4.69) is 15.0 Å². The summed E-state index contributed by atoms with van der Waals surface area (Å²) in [5.41, 5.74) is 0.324. The molecule has 0 aliphatic carbocycles. The van der Waals surface area contributed by atoms with Crippen LogP contribution in [0.3, 0.4) is 0 Å². The molecule has 0 spiro atoms. The number of ether oxygens (including phenoxy) is 2. The van der Waals surface area contributed by atoms with Gasteiger partial charge >= 0.3 is 12.0 Å². The van der Waals surface area contributed by atoms with Gasteiger partial charge in [-0.1, -0.05) is 0 Å². The van der Waals surface area contributed by atoms with Gasteiger partial charge in [0.1, 0.15) is 6.26 Å². The van der Waals surface area contributed by atoms with Gasteiger partial charge in [0.2, 0.25) is 5.89 Å². The highest BCUT2D eigenvalue weighted by Crippen LogP contribution is 2.16. The van der Waals surface area contributed by atoms with Crippen molar-refractivity contribution in [2.24, 2.45) is 0 Å². The minimum atomic E-state index is -0.642. The molecule has 0 fully saturated rings. The standard InChI is InChI=1S/C17H20N4O7/c1-26-9-3-8-20(10-15-19-14(11-28-15)16(22)27-2)17(23)18-12-4-6-13(7-5-12)21(24)25/h4-7,11H,3,8-10H2,1-2H3,(H,18,23). The van der Waals surface area contributed by atoms with E-state index < -0.39 is 16.9 Å². The van der Waals surface area contributed by atoms with E-state index >= 15 is 0 Å². The molecule has 0 aliphatic heterocycles. The molecule has 0 saturated carbocycles. The highest BCUT2D eigenvalue weighted by atomic mass is 16.6. The Bertz CT molecular complexity index is 819. The van der Waals surface area contributed by atoms with Crippen molar-refractivity contribution in [3.63, 3.8) is 0 Å². The Morgan fingerprint density at radius 2 is 2.00 bits per heavy atom. The molecule has 11 heteroatoms. The third-order valence-corrected chi connectivity index (χ3v) is 3.67. The number of methoxy groups -OCH3 is 2. The zero-order valence-corrected chi connectivity index (χ0v) is 15.4. The second-order valence-electron chi connectivity index (χ2n) is 5.62. The second-order valence-corrected chi connectivity index (χ2v) is 5.62. The number of nitro benzene ring substituents is 1. The number of amides is 2. The average molecular weight is 392 g/mol. The fourth-order valence-electron chi connectivity index (χ4n) is 2.27. The number of aromatic nitrogens is 1. The number of carbonyl (C=O) groups excluding carboxylic acids is 2. The van der Waals surface area contributed by atoms with Crippen LogP contribution in [-0.4, -0.2) is 54.2 Å². The molecule has 1 N–H and O–H groups in total.